The molecule has 1 unspecified atom stereocenters. The standard InChI is InChI=1S/C10H12F3N3O3/c1-6(5-10(11,12)13)14-9-7(16(17)18)3-4-8(15-9)19-2/h3-4,6H,5H2,1-2H3,(H,14,15). The Morgan fingerprint density at radius 3 is 2.63 bits per heavy atom. The average molecular weight is 279 g/mol. The van der Waals surface area contributed by atoms with E-state index in [4.69, 9.17) is 4.74 Å². The molecule has 0 aliphatic heterocycles. The third-order valence-electron chi connectivity index (χ3n) is 2.17. The molecule has 0 saturated carbocycles. The number of nitro groups is 1. The van der Waals surface area contributed by atoms with Crippen LogP contribution >= 0.6 is 0 Å². The summed E-state index contributed by atoms with van der Waals surface area (Å²) < 4.78 is 41.4. The Bertz CT molecular complexity index is 465. The smallest absolute Gasteiger partial charge is 0.391 e. The number of anilines is 1. The minimum Gasteiger partial charge on any atom is -0.481 e. The van der Waals surface area contributed by atoms with E-state index in [2.05, 4.69) is 10.3 Å². The van der Waals surface area contributed by atoms with Crippen molar-refractivity contribution >= 4 is 11.5 Å². The number of rotatable bonds is 5. The second-order valence-electron chi connectivity index (χ2n) is 3.84. The number of hydrogen-bond donors (Lipinski definition) is 1. The van der Waals surface area contributed by atoms with Gasteiger partial charge in [0, 0.05) is 18.2 Å². The highest BCUT2D eigenvalue weighted by Crippen LogP contribution is 2.28. The van der Waals surface area contributed by atoms with Crippen LogP contribution in [-0.4, -0.2) is 29.2 Å². The Morgan fingerprint density at radius 1 is 1.53 bits per heavy atom. The largest absolute Gasteiger partial charge is 0.481 e. The fourth-order valence-corrected chi connectivity index (χ4v) is 1.43. The molecule has 0 bridgehead atoms. The normalized spacial score (nSPS) is 12.9. The van der Waals surface area contributed by atoms with Crippen LogP contribution in [0.5, 0.6) is 5.88 Å². The highest BCUT2D eigenvalue weighted by Gasteiger charge is 2.31. The van der Waals surface area contributed by atoms with Crippen molar-refractivity contribution in [1.29, 1.82) is 0 Å². The topological polar surface area (TPSA) is 77.3 Å². The van der Waals surface area contributed by atoms with E-state index in [0.29, 0.717) is 0 Å². The lowest BCUT2D eigenvalue weighted by atomic mass is 10.2. The fourth-order valence-electron chi connectivity index (χ4n) is 1.43. The number of nitrogens with zero attached hydrogens (tertiary/aromatic N) is 2. The molecule has 19 heavy (non-hydrogen) atoms. The second-order valence-corrected chi connectivity index (χ2v) is 3.84. The lowest BCUT2D eigenvalue weighted by Crippen LogP contribution is -2.24. The molecule has 1 heterocycles. The van der Waals surface area contributed by atoms with Gasteiger partial charge in [0.15, 0.2) is 0 Å². The molecule has 0 amide bonds. The third kappa shape index (κ3) is 4.60. The van der Waals surface area contributed by atoms with E-state index >= 15 is 0 Å². The van der Waals surface area contributed by atoms with E-state index in [9.17, 15) is 23.3 Å². The molecule has 0 radical (unpaired) electrons. The van der Waals surface area contributed by atoms with Crippen molar-refractivity contribution in [3.05, 3.63) is 22.2 Å². The third-order valence-corrected chi connectivity index (χ3v) is 2.17. The number of ether oxygens (including phenoxy) is 1. The molecule has 0 aliphatic rings. The number of pyridine rings is 1. The molecule has 106 valence electrons. The van der Waals surface area contributed by atoms with Gasteiger partial charge in [-0.25, -0.2) is 0 Å². The summed E-state index contributed by atoms with van der Waals surface area (Å²) >= 11 is 0. The predicted molar refractivity (Wildman–Crippen MR) is 61.2 cm³/mol. The molecule has 0 aliphatic carbocycles. The summed E-state index contributed by atoms with van der Waals surface area (Å²) in [6.07, 6.45) is -5.48. The summed E-state index contributed by atoms with van der Waals surface area (Å²) in [6.45, 7) is 1.26. The minimum atomic E-state index is -4.36. The zero-order valence-corrected chi connectivity index (χ0v) is 10.2. The van der Waals surface area contributed by atoms with Gasteiger partial charge in [0.25, 0.3) is 0 Å². The van der Waals surface area contributed by atoms with Crippen molar-refractivity contribution in [3.8, 4) is 5.88 Å². The Labute approximate surface area is 106 Å². The van der Waals surface area contributed by atoms with Crippen LogP contribution in [0.3, 0.4) is 0 Å². The van der Waals surface area contributed by atoms with Gasteiger partial charge >= 0.3 is 11.9 Å². The maximum Gasteiger partial charge on any atom is 0.391 e. The summed E-state index contributed by atoms with van der Waals surface area (Å²) in [7, 11) is 1.30. The first-order valence-corrected chi connectivity index (χ1v) is 5.25. The summed E-state index contributed by atoms with van der Waals surface area (Å²) in [5, 5.41) is 13.1. The molecule has 0 saturated heterocycles. The van der Waals surface area contributed by atoms with Crippen LogP contribution in [0.2, 0.25) is 0 Å². The number of alkyl halides is 3. The van der Waals surface area contributed by atoms with Crippen molar-refractivity contribution < 1.29 is 22.8 Å². The molecule has 9 heteroatoms. The summed E-state index contributed by atoms with van der Waals surface area (Å²) in [5.41, 5.74) is -0.408. The molecule has 1 aromatic heterocycles. The zero-order valence-electron chi connectivity index (χ0n) is 10.2. The highest BCUT2D eigenvalue weighted by molar-refractivity contribution is 5.57. The van der Waals surface area contributed by atoms with E-state index in [1.807, 2.05) is 0 Å². The summed E-state index contributed by atoms with van der Waals surface area (Å²) in [5.74, 6) is -0.173. The number of nitrogens with one attached hydrogen (secondary N) is 1. The zero-order chi connectivity index (χ0) is 14.6. The molecule has 6 nitrogen and oxygen atoms in total. The first-order chi connectivity index (χ1) is 8.73. The number of aromatic nitrogens is 1. The van der Waals surface area contributed by atoms with Gasteiger partial charge in [-0.15, -0.1) is 0 Å². The van der Waals surface area contributed by atoms with Gasteiger partial charge in [0.05, 0.1) is 18.5 Å². The van der Waals surface area contributed by atoms with Gasteiger partial charge in [-0.1, -0.05) is 0 Å². The highest BCUT2D eigenvalue weighted by atomic mass is 19.4. The van der Waals surface area contributed by atoms with Crippen molar-refractivity contribution in [1.82, 2.24) is 4.98 Å². The summed E-state index contributed by atoms with van der Waals surface area (Å²) in [4.78, 5) is 13.8. The molecule has 1 N–H and O–H groups in total. The average Bonchev–Trinajstić information content (AvgIpc) is 2.25. The molecular weight excluding hydrogens is 267 g/mol. The van der Waals surface area contributed by atoms with E-state index < -0.39 is 29.2 Å². The fraction of sp³-hybridized carbons (Fsp3) is 0.500. The van der Waals surface area contributed by atoms with Crippen LogP contribution in [-0.2, 0) is 0 Å². The van der Waals surface area contributed by atoms with E-state index in [1.165, 1.54) is 20.1 Å². The van der Waals surface area contributed by atoms with E-state index in [1.54, 1.807) is 0 Å². The summed E-state index contributed by atoms with van der Waals surface area (Å²) in [6, 6.07) is 1.34. The molecule has 0 spiro atoms. The molecule has 0 aromatic carbocycles. The van der Waals surface area contributed by atoms with Crippen molar-refractivity contribution in [2.24, 2.45) is 0 Å². The van der Waals surface area contributed by atoms with Gasteiger partial charge < -0.3 is 10.1 Å². The molecule has 1 aromatic rings. The van der Waals surface area contributed by atoms with Crippen LogP contribution in [0, 0.1) is 10.1 Å². The Balaban J connectivity index is 2.94. The van der Waals surface area contributed by atoms with Crippen LogP contribution < -0.4 is 10.1 Å². The monoisotopic (exact) mass is 279 g/mol. The van der Waals surface area contributed by atoms with Gasteiger partial charge in [0.2, 0.25) is 11.7 Å². The number of hydrogen-bond acceptors (Lipinski definition) is 5. The Kier molecular flexibility index (Phi) is 4.52. The molecule has 0 fully saturated rings. The minimum absolute atomic E-state index is 0.0762. The van der Waals surface area contributed by atoms with Crippen molar-refractivity contribution in [2.75, 3.05) is 12.4 Å². The molecule has 1 atom stereocenters. The first-order valence-electron chi connectivity index (χ1n) is 5.25. The van der Waals surface area contributed by atoms with E-state index in [0.717, 1.165) is 6.07 Å². The first kappa shape index (κ1) is 15.0. The maximum atomic E-state index is 12.2. The van der Waals surface area contributed by atoms with Gasteiger partial charge in [-0.3, -0.25) is 10.1 Å². The molecular formula is C10H12F3N3O3. The molecule has 1 rings (SSSR count). The quantitative estimate of drug-likeness (QED) is 0.662. The van der Waals surface area contributed by atoms with Crippen LogP contribution in [0.15, 0.2) is 12.1 Å². The number of methoxy groups -OCH3 is 1. The Morgan fingerprint density at radius 2 is 2.16 bits per heavy atom. The predicted octanol–water partition coefficient (Wildman–Crippen LogP) is 2.75. The van der Waals surface area contributed by atoms with Crippen LogP contribution in [0.25, 0.3) is 0 Å². The SMILES string of the molecule is COc1ccc([N+](=O)[O-])c(NC(C)CC(F)(F)F)n1. The maximum absolute atomic E-state index is 12.2. The van der Waals surface area contributed by atoms with Crippen molar-refractivity contribution in [2.45, 2.75) is 25.6 Å². The second kappa shape index (κ2) is 5.72. The van der Waals surface area contributed by atoms with Gasteiger partial charge in [-0.05, 0) is 6.92 Å². The van der Waals surface area contributed by atoms with E-state index in [-0.39, 0.29) is 11.7 Å². The lowest BCUT2D eigenvalue weighted by molar-refractivity contribution is -0.384. The van der Waals surface area contributed by atoms with Crippen LogP contribution in [0.4, 0.5) is 24.7 Å². The van der Waals surface area contributed by atoms with Gasteiger partial charge in [-0.2, -0.15) is 18.2 Å². The Hall–Kier alpha value is -2.06. The van der Waals surface area contributed by atoms with Crippen LogP contribution in [0.1, 0.15) is 13.3 Å². The van der Waals surface area contributed by atoms with Gasteiger partial charge in [0.1, 0.15) is 0 Å². The lowest BCUT2D eigenvalue weighted by Gasteiger charge is -2.16. The number of halogens is 3. The van der Waals surface area contributed by atoms with Crippen molar-refractivity contribution in [3.63, 3.8) is 0 Å².